The molecule has 0 heterocycles. The highest BCUT2D eigenvalue weighted by molar-refractivity contribution is 5.71. The molecular weight excluding hydrogens is 96.0 g/mol. The Morgan fingerprint density at radius 2 is 2.29 bits per heavy atom. The molecule has 4 heteroatoms. The first-order valence-electron chi connectivity index (χ1n) is 1.82. The van der Waals surface area contributed by atoms with Gasteiger partial charge in [0.15, 0.2) is 0 Å². The fourth-order valence-electron chi connectivity index (χ4n) is 0.162. The van der Waals surface area contributed by atoms with Crippen LogP contribution in [0.3, 0.4) is 0 Å². The van der Waals surface area contributed by atoms with Crippen molar-refractivity contribution in [3.05, 3.63) is 0 Å². The van der Waals surface area contributed by atoms with Gasteiger partial charge in [-0.25, -0.2) is 9.86 Å². The van der Waals surface area contributed by atoms with Crippen molar-refractivity contribution < 1.29 is 10.0 Å². The molecule has 0 aliphatic carbocycles. The van der Waals surface area contributed by atoms with Crippen LogP contribution in [0.4, 0.5) is 4.79 Å². The van der Waals surface area contributed by atoms with Crippen molar-refractivity contribution >= 4 is 6.03 Å². The second-order valence-corrected chi connectivity index (χ2v) is 1.08. The van der Waals surface area contributed by atoms with Crippen molar-refractivity contribution in [2.75, 3.05) is 14.1 Å². The molecule has 0 saturated carbocycles. The van der Waals surface area contributed by atoms with E-state index in [4.69, 9.17) is 5.21 Å². The Morgan fingerprint density at radius 1 is 1.86 bits per heavy atom. The van der Waals surface area contributed by atoms with E-state index >= 15 is 0 Å². The number of nitrogens with zero attached hydrogens (tertiary/aromatic N) is 1. The lowest BCUT2D eigenvalue weighted by molar-refractivity contribution is -0.0174. The maximum atomic E-state index is 10.1. The lowest BCUT2D eigenvalue weighted by Crippen LogP contribution is -2.31. The van der Waals surface area contributed by atoms with E-state index in [-0.39, 0.29) is 0 Å². The molecule has 7 heavy (non-hydrogen) atoms. The van der Waals surface area contributed by atoms with E-state index in [2.05, 4.69) is 5.32 Å². The lowest BCUT2D eigenvalue weighted by atomic mass is 10.9. The summed E-state index contributed by atoms with van der Waals surface area (Å²) in [4.78, 5) is 10.1. The SMILES string of the molecule is CNC(=O)N(C)O. The average molecular weight is 104 g/mol. The molecule has 0 aromatic heterocycles. The molecule has 0 rings (SSSR count). The third-order valence-electron chi connectivity index (χ3n) is 0.508. The second kappa shape index (κ2) is 2.41. The van der Waals surface area contributed by atoms with Crippen LogP contribution >= 0.6 is 0 Å². The molecule has 2 amide bonds. The minimum Gasteiger partial charge on any atom is -0.339 e. The van der Waals surface area contributed by atoms with Crippen molar-refractivity contribution in [1.82, 2.24) is 10.4 Å². The highest BCUT2D eigenvalue weighted by atomic mass is 16.5. The predicted octanol–water partition coefficient (Wildman–Crippen LogP) is -0.353. The molecule has 0 radical (unpaired) electrons. The fraction of sp³-hybridized carbons (Fsp3) is 0.667. The van der Waals surface area contributed by atoms with Crippen LogP contribution in [0.2, 0.25) is 0 Å². The van der Waals surface area contributed by atoms with Gasteiger partial charge in [-0.05, 0) is 0 Å². The number of rotatable bonds is 0. The van der Waals surface area contributed by atoms with Crippen LogP contribution in [-0.4, -0.2) is 30.4 Å². The van der Waals surface area contributed by atoms with Gasteiger partial charge in [0.25, 0.3) is 0 Å². The topological polar surface area (TPSA) is 52.6 Å². The molecular formula is C3H8N2O2. The highest BCUT2D eigenvalue weighted by Crippen LogP contribution is 1.69. The number of carbonyl (C=O) groups excluding carboxylic acids is 1. The molecule has 0 aromatic rings. The standard InChI is InChI=1S/C3H8N2O2/c1-4-3(6)5(2)7/h7H,1-2H3,(H,4,6). The molecule has 0 aromatic carbocycles. The minimum atomic E-state index is -0.514. The maximum absolute atomic E-state index is 10.1. The smallest absolute Gasteiger partial charge is 0.339 e. The van der Waals surface area contributed by atoms with Gasteiger partial charge < -0.3 is 5.32 Å². The zero-order valence-corrected chi connectivity index (χ0v) is 4.30. The Balaban J connectivity index is 3.35. The summed E-state index contributed by atoms with van der Waals surface area (Å²) in [7, 11) is 2.69. The second-order valence-electron chi connectivity index (χ2n) is 1.08. The van der Waals surface area contributed by atoms with E-state index in [1.165, 1.54) is 14.1 Å². The van der Waals surface area contributed by atoms with Crippen molar-refractivity contribution in [3.63, 3.8) is 0 Å². The van der Waals surface area contributed by atoms with E-state index in [0.717, 1.165) is 0 Å². The van der Waals surface area contributed by atoms with Gasteiger partial charge in [0.1, 0.15) is 0 Å². The van der Waals surface area contributed by atoms with Crippen LogP contribution in [-0.2, 0) is 0 Å². The number of nitrogens with one attached hydrogen (secondary N) is 1. The van der Waals surface area contributed by atoms with Gasteiger partial charge in [-0.2, -0.15) is 0 Å². The summed E-state index contributed by atoms with van der Waals surface area (Å²) < 4.78 is 0. The summed E-state index contributed by atoms with van der Waals surface area (Å²) in [5.41, 5.74) is 0. The number of hydrogen-bond donors (Lipinski definition) is 2. The van der Waals surface area contributed by atoms with E-state index < -0.39 is 6.03 Å². The molecule has 42 valence electrons. The molecule has 0 spiro atoms. The zero-order chi connectivity index (χ0) is 5.86. The summed E-state index contributed by atoms with van der Waals surface area (Å²) in [6.07, 6.45) is 0. The predicted molar refractivity (Wildman–Crippen MR) is 24.0 cm³/mol. The van der Waals surface area contributed by atoms with Gasteiger partial charge in [-0.1, -0.05) is 0 Å². The molecule has 0 saturated heterocycles. The molecule has 0 bridgehead atoms. The van der Waals surface area contributed by atoms with E-state index in [0.29, 0.717) is 5.06 Å². The Labute approximate surface area is 41.7 Å². The summed E-state index contributed by atoms with van der Waals surface area (Å²) in [5.74, 6) is 0. The zero-order valence-electron chi connectivity index (χ0n) is 4.30. The summed E-state index contributed by atoms with van der Waals surface area (Å²) in [5, 5.41) is 10.9. The van der Waals surface area contributed by atoms with Gasteiger partial charge in [-0.3, -0.25) is 5.21 Å². The lowest BCUT2D eigenvalue weighted by Gasteiger charge is -2.04. The van der Waals surface area contributed by atoms with Crippen LogP contribution in [0.5, 0.6) is 0 Å². The Morgan fingerprint density at radius 3 is 2.29 bits per heavy atom. The highest BCUT2D eigenvalue weighted by Gasteiger charge is 1.96. The summed E-state index contributed by atoms with van der Waals surface area (Å²) in [6, 6.07) is -0.514. The normalized spacial score (nSPS) is 7.86. The van der Waals surface area contributed by atoms with Crippen molar-refractivity contribution in [3.8, 4) is 0 Å². The fourth-order valence-corrected chi connectivity index (χ4v) is 0.162. The van der Waals surface area contributed by atoms with E-state index in [1.54, 1.807) is 0 Å². The van der Waals surface area contributed by atoms with Gasteiger partial charge in [-0.15, -0.1) is 0 Å². The van der Waals surface area contributed by atoms with E-state index in [9.17, 15) is 4.79 Å². The van der Waals surface area contributed by atoms with Gasteiger partial charge in [0.05, 0.1) is 0 Å². The van der Waals surface area contributed by atoms with Gasteiger partial charge >= 0.3 is 6.03 Å². The Bertz CT molecular complexity index is 71.3. The number of hydrogen-bond acceptors (Lipinski definition) is 2. The Hall–Kier alpha value is -0.770. The molecule has 0 fully saturated rings. The number of urea groups is 1. The summed E-state index contributed by atoms with van der Waals surface area (Å²) in [6.45, 7) is 0. The monoisotopic (exact) mass is 104 g/mol. The van der Waals surface area contributed by atoms with Crippen LogP contribution in [0.15, 0.2) is 0 Å². The Kier molecular flexibility index (Phi) is 2.15. The molecule has 0 unspecified atom stereocenters. The number of carbonyl (C=O) groups is 1. The van der Waals surface area contributed by atoms with Gasteiger partial charge in [0.2, 0.25) is 0 Å². The molecule has 0 aliphatic rings. The van der Waals surface area contributed by atoms with Gasteiger partial charge in [0, 0.05) is 14.1 Å². The first-order valence-corrected chi connectivity index (χ1v) is 1.82. The molecule has 4 nitrogen and oxygen atoms in total. The average Bonchev–Trinajstić information content (AvgIpc) is 1.65. The quantitative estimate of drug-likeness (QED) is 0.326. The third-order valence-corrected chi connectivity index (χ3v) is 0.508. The molecule has 0 aliphatic heterocycles. The van der Waals surface area contributed by atoms with Crippen molar-refractivity contribution in [2.24, 2.45) is 0 Å². The van der Waals surface area contributed by atoms with Crippen LogP contribution in [0.25, 0.3) is 0 Å². The molecule has 0 atom stereocenters. The van der Waals surface area contributed by atoms with Crippen molar-refractivity contribution in [1.29, 1.82) is 0 Å². The van der Waals surface area contributed by atoms with Crippen LogP contribution in [0, 0.1) is 0 Å². The maximum Gasteiger partial charge on any atom is 0.340 e. The van der Waals surface area contributed by atoms with Crippen LogP contribution in [0.1, 0.15) is 0 Å². The van der Waals surface area contributed by atoms with Crippen LogP contribution < -0.4 is 5.32 Å². The molecule has 2 N–H and O–H groups in total. The first kappa shape index (κ1) is 6.23. The summed E-state index contributed by atoms with van der Waals surface area (Å²) >= 11 is 0. The largest absolute Gasteiger partial charge is 0.340 e. The third kappa shape index (κ3) is 1.99. The first-order chi connectivity index (χ1) is 3.18. The number of amides is 2. The van der Waals surface area contributed by atoms with E-state index in [1.807, 2.05) is 0 Å². The number of hydroxylamine groups is 2. The minimum absolute atomic E-state index is 0.472. The van der Waals surface area contributed by atoms with Crippen molar-refractivity contribution in [2.45, 2.75) is 0 Å².